The summed E-state index contributed by atoms with van der Waals surface area (Å²) in [5.74, 6) is 0. The molecule has 0 atom stereocenters. The fraction of sp³-hybridized carbons (Fsp3) is 0.444. The number of nitrogens with zero attached hydrogens (tertiary/aromatic N) is 2. The molecule has 1 aromatic rings. The van der Waals surface area contributed by atoms with Gasteiger partial charge in [0.15, 0.2) is 0 Å². The Hall–Kier alpha value is -0.980. The zero-order valence-corrected chi connectivity index (χ0v) is 10.1. The molecule has 0 aliphatic carbocycles. The van der Waals surface area contributed by atoms with Crippen molar-refractivity contribution >= 4 is 27.3 Å². The maximum absolute atomic E-state index is 12.3. The average molecular weight is 298 g/mol. The van der Waals surface area contributed by atoms with Gasteiger partial charge in [-0.05, 0) is 22.9 Å². The van der Waals surface area contributed by atoms with Crippen LogP contribution < -0.4 is 10.6 Å². The molecule has 90 valence electrons. The van der Waals surface area contributed by atoms with Gasteiger partial charge in [0.25, 0.3) is 0 Å². The summed E-state index contributed by atoms with van der Waals surface area (Å²) in [5.41, 5.74) is 6.17. The fourth-order valence-electron chi connectivity index (χ4n) is 1.34. The first-order valence-corrected chi connectivity index (χ1v) is 5.35. The summed E-state index contributed by atoms with van der Waals surface area (Å²) in [6.45, 7) is 0.820. The molecule has 2 N–H and O–H groups in total. The summed E-state index contributed by atoms with van der Waals surface area (Å²) < 4.78 is 37.4. The molecule has 1 heterocycles. The lowest BCUT2D eigenvalue weighted by Gasteiger charge is -2.26. The highest BCUT2D eigenvalue weighted by Crippen LogP contribution is 2.32. The van der Waals surface area contributed by atoms with Gasteiger partial charge in [0.2, 0.25) is 0 Å². The number of hydrogen-bond acceptors (Lipinski definition) is 3. The summed E-state index contributed by atoms with van der Waals surface area (Å²) >= 11 is 3.14. The number of nitrogens with two attached hydrogens (primary N) is 1. The molecule has 0 aliphatic heterocycles. The van der Waals surface area contributed by atoms with Crippen LogP contribution in [0.4, 0.5) is 24.5 Å². The third-order valence-electron chi connectivity index (χ3n) is 1.97. The standard InChI is InChI=1S/C9H11BrF3N3/c1-2-16(5-9(11,12)13)8-6(10)3-15-4-7(8)14/h3-4H,2,5,14H2,1H3. The van der Waals surface area contributed by atoms with Crippen molar-refractivity contribution in [2.24, 2.45) is 0 Å². The molecule has 0 radical (unpaired) electrons. The van der Waals surface area contributed by atoms with E-state index in [4.69, 9.17) is 5.73 Å². The molecule has 0 amide bonds. The molecule has 0 aromatic carbocycles. The van der Waals surface area contributed by atoms with E-state index in [0.717, 1.165) is 4.90 Å². The zero-order valence-electron chi connectivity index (χ0n) is 8.55. The lowest BCUT2D eigenvalue weighted by molar-refractivity contribution is -0.119. The van der Waals surface area contributed by atoms with Crippen molar-refractivity contribution in [2.75, 3.05) is 23.7 Å². The average Bonchev–Trinajstić information content (AvgIpc) is 2.14. The summed E-state index contributed by atoms with van der Waals surface area (Å²) in [5, 5.41) is 0. The van der Waals surface area contributed by atoms with E-state index in [1.54, 1.807) is 6.92 Å². The van der Waals surface area contributed by atoms with E-state index in [-0.39, 0.29) is 12.2 Å². The Labute approximate surface area is 99.6 Å². The van der Waals surface area contributed by atoms with E-state index in [2.05, 4.69) is 20.9 Å². The van der Waals surface area contributed by atoms with Crippen molar-refractivity contribution in [3.05, 3.63) is 16.9 Å². The second-order valence-electron chi connectivity index (χ2n) is 3.19. The molecule has 0 fully saturated rings. The van der Waals surface area contributed by atoms with Gasteiger partial charge in [0.1, 0.15) is 6.54 Å². The van der Waals surface area contributed by atoms with Crippen LogP contribution in [-0.4, -0.2) is 24.2 Å². The van der Waals surface area contributed by atoms with Gasteiger partial charge < -0.3 is 10.6 Å². The number of halogens is 4. The molecule has 0 bridgehead atoms. The zero-order chi connectivity index (χ0) is 12.3. The summed E-state index contributed by atoms with van der Waals surface area (Å²) in [6.07, 6.45) is -1.50. The smallest absolute Gasteiger partial charge is 0.396 e. The maximum atomic E-state index is 12.3. The fourth-order valence-corrected chi connectivity index (χ4v) is 1.94. The summed E-state index contributed by atoms with van der Waals surface area (Å²) in [6, 6.07) is 0. The van der Waals surface area contributed by atoms with Crippen LogP contribution in [0.1, 0.15) is 6.92 Å². The van der Waals surface area contributed by atoms with Gasteiger partial charge in [-0.3, -0.25) is 4.98 Å². The molecule has 0 saturated carbocycles. The molecule has 16 heavy (non-hydrogen) atoms. The van der Waals surface area contributed by atoms with Crippen LogP contribution in [0.2, 0.25) is 0 Å². The van der Waals surface area contributed by atoms with Gasteiger partial charge in [0.05, 0.1) is 22.0 Å². The van der Waals surface area contributed by atoms with Crippen molar-refractivity contribution in [3.63, 3.8) is 0 Å². The van der Waals surface area contributed by atoms with Gasteiger partial charge in [-0.1, -0.05) is 0 Å². The molecule has 0 spiro atoms. The Morgan fingerprint density at radius 3 is 2.50 bits per heavy atom. The van der Waals surface area contributed by atoms with Crippen LogP contribution in [0, 0.1) is 0 Å². The molecular formula is C9H11BrF3N3. The van der Waals surface area contributed by atoms with Crippen molar-refractivity contribution in [1.82, 2.24) is 4.98 Å². The van der Waals surface area contributed by atoms with Crippen LogP contribution in [0.5, 0.6) is 0 Å². The molecule has 1 aromatic heterocycles. The number of hydrogen-bond donors (Lipinski definition) is 1. The third-order valence-corrected chi connectivity index (χ3v) is 2.55. The van der Waals surface area contributed by atoms with Crippen molar-refractivity contribution in [2.45, 2.75) is 13.1 Å². The summed E-state index contributed by atoms with van der Waals surface area (Å²) in [7, 11) is 0. The Balaban J connectivity index is 3.04. The van der Waals surface area contributed by atoms with E-state index >= 15 is 0 Å². The lowest BCUT2D eigenvalue weighted by Crippen LogP contribution is -2.34. The third kappa shape index (κ3) is 3.26. The number of anilines is 2. The molecule has 0 saturated heterocycles. The predicted octanol–water partition coefficient (Wildman–Crippen LogP) is 2.81. The minimum Gasteiger partial charge on any atom is -0.396 e. The highest BCUT2D eigenvalue weighted by atomic mass is 79.9. The SMILES string of the molecule is CCN(CC(F)(F)F)c1c(N)cncc1Br. The molecule has 7 heteroatoms. The van der Waals surface area contributed by atoms with E-state index in [9.17, 15) is 13.2 Å². The monoisotopic (exact) mass is 297 g/mol. The van der Waals surface area contributed by atoms with Crippen LogP contribution in [0.3, 0.4) is 0 Å². The van der Waals surface area contributed by atoms with Gasteiger partial charge >= 0.3 is 6.18 Å². The Morgan fingerprint density at radius 1 is 1.44 bits per heavy atom. The predicted molar refractivity (Wildman–Crippen MR) is 60.3 cm³/mol. The van der Waals surface area contributed by atoms with E-state index in [1.807, 2.05) is 0 Å². The Bertz CT molecular complexity index is 347. The first-order valence-electron chi connectivity index (χ1n) is 4.56. The van der Waals surface area contributed by atoms with Crippen molar-refractivity contribution in [1.29, 1.82) is 0 Å². The number of nitrogen functional groups attached to an aromatic ring is 1. The largest absolute Gasteiger partial charge is 0.405 e. The first-order chi connectivity index (χ1) is 7.35. The van der Waals surface area contributed by atoms with Crippen molar-refractivity contribution in [3.8, 4) is 0 Å². The Kier molecular flexibility index (Phi) is 4.01. The van der Waals surface area contributed by atoms with Crippen LogP contribution in [-0.2, 0) is 0 Å². The maximum Gasteiger partial charge on any atom is 0.405 e. The van der Waals surface area contributed by atoms with Gasteiger partial charge in [0, 0.05) is 12.7 Å². The molecule has 1 rings (SSSR count). The van der Waals surface area contributed by atoms with Gasteiger partial charge in [-0.25, -0.2) is 0 Å². The van der Waals surface area contributed by atoms with E-state index in [0.29, 0.717) is 10.2 Å². The molecule has 0 aliphatic rings. The topological polar surface area (TPSA) is 42.1 Å². The van der Waals surface area contributed by atoms with Crippen molar-refractivity contribution < 1.29 is 13.2 Å². The lowest BCUT2D eigenvalue weighted by atomic mass is 10.3. The quantitative estimate of drug-likeness (QED) is 0.933. The number of alkyl halides is 3. The second kappa shape index (κ2) is 4.90. The van der Waals surface area contributed by atoms with Gasteiger partial charge in [-0.15, -0.1) is 0 Å². The first kappa shape index (κ1) is 13.1. The normalized spacial score (nSPS) is 11.6. The van der Waals surface area contributed by atoms with E-state index in [1.165, 1.54) is 12.4 Å². The van der Waals surface area contributed by atoms with Crippen LogP contribution >= 0.6 is 15.9 Å². The highest BCUT2D eigenvalue weighted by Gasteiger charge is 2.31. The van der Waals surface area contributed by atoms with Gasteiger partial charge in [-0.2, -0.15) is 13.2 Å². The minimum absolute atomic E-state index is 0.215. The highest BCUT2D eigenvalue weighted by molar-refractivity contribution is 9.10. The van der Waals surface area contributed by atoms with Crippen LogP contribution in [0.25, 0.3) is 0 Å². The molecular weight excluding hydrogens is 287 g/mol. The van der Waals surface area contributed by atoms with E-state index < -0.39 is 12.7 Å². The second-order valence-corrected chi connectivity index (χ2v) is 4.04. The summed E-state index contributed by atoms with van der Waals surface area (Å²) in [4.78, 5) is 4.93. The number of pyridine rings is 1. The number of aromatic nitrogens is 1. The molecule has 0 unspecified atom stereocenters. The minimum atomic E-state index is -4.26. The number of rotatable bonds is 3. The molecule has 3 nitrogen and oxygen atoms in total. The Morgan fingerprint density at radius 2 is 2.06 bits per heavy atom. The van der Waals surface area contributed by atoms with Crippen LogP contribution in [0.15, 0.2) is 16.9 Å².